The summed E-state index contributed by atoms with van der Waals surface area (Å²) in [6.07, 6.45) is 0.00620. The molecule has 10 heteroatoms. The molecule has 0 bridgehead atoms. The Kier molecular flexibility index (Phi) is 14.3. The van der Waals surface area contributed by atoms with Crippen molar-refractivity contribution in [3.8, 4) is 0 Å². The third kappa shape index (κ3) is 11.5. The first kappa shape index (κ1) is 39.8. The minimum atomic E-state index is -3.83. The molecule has 5 aromatic rings. The minimum absolute atomic E-state index is 0.185. The molecule has 0 heterocycles. The van der Waals surface area contributed by atoms with Crippen molar-refractivity contribution in [3.05, 3.63) is 168 Å². The third-order valence-electron chi connectivity index (χ3n) is 8.83. The molecular formula is C43H49NO7SSi. The quantitative estimate of drug-likeness (QED) is 0.0379. The van der Waals surface area contributed by atoms with Crippen LogP contribution in [0.1, 0.15) is 37.5 Å². The summed E-state index contributed by atoms with van der Waals surface area (Å²) in [7, 11) is -6.89. The van der Waals surface area contributed by atoms with Crippen molar-refractivity contribution in [2.45, 2.75) is 63.9 Å². The van der Waals surface area contributed by atoms with E-state index in [0.29, 0.717) is 0 Å². The fourth-order valence-electron chi connectivity index (χ4n) is 6.17. The topological polar surface area (TPSA) is 92.6 Å². The second-order valence-electron chi connectivity index (χ2n) is 13.9. The first-order chi connectivity index (χ1) is 25.5. The normalized spacial score (nSPS) is 14.1. The summed E-state index contributed by atoms with van der Waals surface area (Å²) < 4.78 is 56.7. The average Bonchev–Trinajstić information content (AvgIpc) is 3.17. The van der Waals surface area contributed by atoms with Gasteiger partial charge in [0.05, 0.1) is 38.9 Å². The highest BCUT2D eigenvalue weighted by atomic mass is 32.2. The van der Waals surface area contributed by atoms with Crippen molar-refractivity contribution >= 4 is 35.0 Å². The van der Waals surface area contributed by atoms with Crippen molar-refractivity contribution in [1.82, 2.24) is 0 Å². The highest BCUT2D eigenvalue weighted by Gasteiger charge is 2.53. The standard InChI is InChI=1S/C43H49NO7SSi/c1-43(2,3)53(38-26-16-8-17-27-38,39-28-18-9-19-29-39)51-44-30-40(47-31-35-20-10-5-11-21-35)42(49-33-37-24-14-7-15-25-37)41(34-50-52(4,45)46)48-32-36-22-12-6-13-23-36/h5-30,40-42H,31-34H2,1-4H3/b44-30+/t40-,41+,42+/m1/s1. The second kappa shape index (κ2) is 19.1. The van der Waals surface area contributed by atoms with Crippen LogP contribution in [-0.4, -0.2) is 54.1 Å². The number of oxime groups is 1. The van der Waals surface area contributed by atoms with Gasteiger partial charge in [0.15, 0.2) is 0 Å². The molecule has 0 aliphatic rings. The van der Waals surface area contributed by atoms with Crippen molar-refractivity contribution in [2.75, 3.05) is 12.9 Å². The van der Waals surface area contributed by atoms with E-state index in [1.807, 2.05) is 127 Å². The van der Waals surface area contributed by atoms with Gasteiger partial charge in [0.1, 0.15) is 18.3 Å². The van der Waals surface area contributed by atoms with Crippen LogP contribution in [0.2, 0.25) is 5.04 Å². The van der Waals surface area contributed by atoms with E-state index in [1.54, 1.807) is 6.21 Å². The molecule has 0 amide bonds. The fourth-order valence-corrected chi connectivity index (χ4v) is 10.6. The van der Waals surface area contributed by atoms with Crippen molar-refractivity contribution in [3.63, 3.8) is 0 Å². The maximum Gasteiger partial charge on any atom is 0.354 e. The summed E-state index contributed by atoms with van der Waals surface area (Å²) in [6.45, 7) is 6.84. The van der Waals surface area contributed by atoms with Gasteiger partial charge in [-0.1, -0.05) is 172 Å². The van der Waals surface area contributed by atoms with E-state index in [4.69, 9.17) is 28.1 Å². The molecule has 5 aromatic carbocycles. The Morgan fingerprint density at radius 1 is 0.604 bits per heavy atom. The molecule has 0 saturated carbocycles. The molecule has 0 N–H and O–H groups in total. The monoisotopic (exact) mass is 751 g/mol. The zero-order chi connectivity index (χ0) is 37.6. The smallest absolute Gasteiger partial charge is 0.354 e. The van der Waals surface area contributed by atoms with E-state index >= 15 is 0 Å². The molecule has 0 unspecified atom stereocenters. The Balaban J connectivity index is 1.57. The van der Waals surface area contributed by atoms with Gasteiger partial charge in [0.2, 0.25) is 0 Å². The van der Waals surface area contributed by atoms with Gasteiger partial charge in [0, 0.05) is 5.04 Å². The Morgan fingerprint density at radius 2 is 1.00 bits per heavy atom. The maximum absolute atomic E-state index is 12.3. The highest BCUT2D eigenvalue weighted by molar-refractivity contribution is 7.85. The van der Waals surface area contributed by atoms with Gasteiger partial charge < -0.3 is 18.7 Å². The van der Waals surface area contributed by atoms with E-state index in [1.165, 1.54) is 0 Å². The molecule has 5 rings (SSSR count). The van der Waals surface area contributed by atoms with Crippen molar-refractivity contribution in [2.24, 2.45) is 5.16 Å². The van der Waals surface area contributed by atoms with Gasteiger partial charge in [-0.05, 0) is 27.1 Å². The molecule has 0 fully saturated rings. The Hall–Kier alpha value is -4.42. The highest BCUT2D eigenvalue weighted by Crippen LogP contribution is 2.37. The van der Waals surface area contributed by atoms with Gasteiger partial charge in [-0.25, -0.2) is 0 Å². The van der Waals surface area contributed by atoms with Crippen molar-refractivity contribution < 1.29 is 31.3 Å². The lowest BCUT2D eigenvalue weighted by atomic mass is 10.1. The first-order valence-corrected chi connectivity index (χ1v) is 21.4. The van der Waals surface area contributed by atoms with E-state index in [0.717, 1.165) is 33.3 Å². The number of hydrogen-bond donors (Lipinski definition) is 0. The molecule has 0 spiro atoms. The van der Waals surface area contributed by atoms with Crippen LogP contribution in [0.15, 0.2) is 157 Å². The lowest BCUT2D eigenvalue weighted by Gasteiger charge is -2.40. The summed E-state index contributed by atoms with van der Waals surface area (Å²) >= 11 is 0. The predicted molar refractivity (Wildman–Crippen MR) is 213 cm³/mol. The summed E-state index contributed by atoms with van der Waals surface area (Å²) in [4.78, 5) is 0. The number of rotatable bonds is 19. The molecule has 53 heavy (non-hydrogen) atoms. The van der Waals surface area contributed by atoms with Gasteiger partial charge >= 0.3 is 8.32 Å². The molecule has 8 nitrogen and oxygen atoms in total. The average molecular weight is 752 g/mol. The van der Waals surface area contributed by atoms with Crippen LogP contribution >= 0.6 is 0 Å². The van der Waals surface area contributed by atoms with Gasteiger partial charge in [0.25, 0.3) is 10.1 Å². The summed E-state index contributed by atoms with van der Waals surface area (Å²) in [5.74, 6) is 0. The van der Waals surface area contributed by atoms with Crippen LogP contribution < -0.4 is 10.4 Å². The molecule has 0 radical (unpaired) electrons. The van der Waals surface area contributed by atoms with Crippen LogP contribution in [0.3, 0.4) is 0 Å². The molecular weight excluding hydrogens is 703 g/mol. The Bertz CT molecular complexity index is 1890. The third-order valence-corrected chi connectivity index (χ3v) is 14.2. The van der Waals surface area contributed by atoms with Crippen LogP contribution in [0.5, 0.6) is 0 Å². The molecule has 278 valence electrons. The lowest BCUT2D eigenvalue weighted by Crippen LogP contribution is -2.65. The molecule has 0 aliphatic heterocycles. The van der Waals surface area contributed by atoms with E-state index in [2.05, 4.69) is 45.0 Å². The summed E-state index contributed by atoms with van der Waals surface area (Å²) in [5.41, 5.74) is 2.77. The molecule has 0 aliphatic carbocycles. The van der Waals surface area contributed by atoms with E-state index in [-0.39, 0.29) is 31.5 Å². The van der Waals surface area contributed by atoms with E-state index < -0.39 is 36.7 Å². The molecule has 0 saturated heterocycles. The Morgan fingerprint density at radius 3 is 1.42 bits per heavy atom. The second-order valence-corrected chi connectivity index (χ2v) is 19.7. The minimum Gasteiger partial charge on any atom is -0.443 e. The number of ether oxygens (including phenoxy) is 3. The van der Waals surface area contributed by atoms with Gasteiger partial charge in [-0.3, -0.25) is 4.18 Å². The predicted octanol–water partition coefficient (Wildman–Crippen LogP) is 7.28. The van der Waals surface area contributed by atoms with E-state index in [9.17, 15) is 8.42 Å². The van der Waals surface area contributed by atoms with Crippen molar-refractivity contribution in [1.29, 1.82) is 0 Å². The van der Waals surface area contributed by atoms with Crippen LogP contribution in [0.4, 0.5) is 0 Å². The maximum atomic E-state index is 12.3. The zero-order valence-electron chi connectivity index (χ0n) is 30.8. The fraction of sp³-hybridized carbons (Fsp3) is 0.279. The largest absolute Gasteiger partial charge is 0.443 e. The van der Waals surface area contributed by atoms with Crippen LogP contribution in [0.25, 0.3) is 0 Å². The lowest BCUT2D eigenvalue weighted by molar-refractivity contribution is -0.141. The van der Waals surface area contributed by atoms with Crippen LogP contribution in [0, 0.1) is 0 Å². The number of benzene rings is 5. The zero-order valence-corrected chi connectivity index (χ0v) is 32.6. The van der Waals surface area contributed by atoms with Gasteiger partial charge in [-0.15, -0.1) is 5.16 Å². The Labute approximate surface area is 315 Å². The molecule has 0 aromatic heterocycles. The first-order valence-electron chi connectivity index (χ1n) is 17.7. The summed E-state index contributed by atoms with van der Waals surface area (Å²) in [6, 6.07) is 49.7. The number of nitrogens with zero attached hydrogens (tertiary/aromatic N) is 1. The SMILES string of the molecule is CC(C)(C)[Si](O/N=C/[C@@H](OCc1ccccc1)[C@H](OCc1ccccc1)[C@H](COS(C)(=O)=O)OCc1ccccc1)(c1ccccc1)c1ccccc1. The summed E-state index contributed by atoms with van der Waals surface area (Å²) in [5, 5.41) is 6.59. The number of hydrogen-bond acceptors (Lipinski definition) is 8. The van der Waals surface area contributed by atoms with Gasteiger partial charge in [-0.2, -0.15) is 8.42 Å². The van der Waals surface area contributed by atoms with Crippen LogP contribution in [-0.2, 0) is 52.9 Å². The molecule has 3 atom stereocenters.